The zero-order chi connectivity index (χ0) is 14.4. The van der Waals surface area contributed by atoms with Crippen molar-refractivity contribution in [1.82, 2.24) is 0 Å². The molecule has 4 atom stereocenters. The number of hydrogen-bond acceptors (Lipinski definition) is 2. The van der Waals surface area contributed by atoms with Crippen molar-refractivity contribution in [2.75, 3.05) is 0 Å². The van der Waals surface area contributed by atoms with Gasteiger partial charge in [0.25, 0.3) is 0 Å². The van der Waals surface area contributed by atoms with Crippen LogP contribution < -0.4 is 4.74 Å². The van der Waals surface area contributed by atoms with Gasteiger partial charge in [0.05, 0.1) is 6.10 Å². The van der Waals surface area contributed by atoms with Crippen LogP contribution in [0, 0.1) is 5.92 Å². The fraction of sp³-hybridized carbons (Fsp3) is 0.368. The second-order valence-electron chi connectivity index (χ2n) is 6.36. The summed E-state index contributed by atoms with van der Waals surface area (Å²) in [6.45, 7) is 2.09. The maximum absolute atomic E-state index is 10.6. The van der Waals surface area contributed by atoms with Crippen LogP contribution >= 0.6 is 0 Å². The molecular formula is C19H20O2. The van der Waals surface area contributed by atoms with E-state index in [4.69, 9.17) is 4.74 Å². The van der Waals surface area contributed by atoms with Gasteiger partial charge in [-0.05, 0) is 54.0 Å². The quantitative estimate of drug-likeness (QED) is 0.925. The summed E-state index contributed by atoms with van der Waals surface area (Å²) >= 11 is 0. The molecule has 1 fully saturated rings. The van der Waals surface area contributed by atoms with Crippen LogP contribution in [0.25, 0.3) is 0 Å². The first-order valence-electron chi connectivity index (χ1n) is 7.75. The number of aliphatic hydroxyl groups is 1. The maximum Gasteiger partial charge on any atom is 0.123 e. The van der Waals surface area contributed by atoms with Crippen molar-refractivity contribution in [1.29, 1.82) is 0 Å². The molecule has 108 valence electrons. The SMILES string of the molecule is CC1Cc2cc(C(O)C3CC3c3ccccc3)ccc2O1. The van der Waals surface area contributed by atoms with Gasteiger partial charge in [-0.15, -0.1) is 0 Å². The molecule has 1 saturated carbocycles. The molecule has 0 saturated heterocycles. The molecule has 2 aliphatic rings. The van der Waals surface area contributed by atoms with E-state index in [1.807, 2.05) is 18.2 Å². The van der Waals surface area contributed by atoms with Crippen LogP contribution in [0.2, 0.25) is 0 Å². The first kappa shape index (κ1) is 12.9. The van der Waals surface area contributed by atoms with Crippen molar-refractivity contribution < 1.29 is 9.84 Å². The van der Waals surface area contributed by atoms with E-state index in [1.165, 1.54) is 11.1 Å². The lowest BCUT2D eigenvalue weighted by Crippen LogP contribution is -2.05. The van der Waals surface area contributed by atoms with E-state index in [-0.39, 0.29) is 12.2 Å². The lowest BCUT2D eigenvalue weighted by molar-refractivity contribution is 0.151. The number of hydrogen-bond donors (Lipinski definition) is 1. The number of fused-ring (bicyclic) bond motifs is 1. The second kappa shape index (κ2) is 4.88. The summed E-state index contributed by atoms with van der Waals surface area (Å²) < 4.78 is 5.73. The standard InChI is InChI=1S/C19H20O2/c1-12-9-15-10-14(7-8-18(15)21-12)19(20)17-11-16(17)13-5-3-2-4-6-13/h2-8,10,12,16-17,19-20H,9,11H2,1H3. The van der Waals surface area contributed by atoms with E-state index >= 15 is 0 Å². The third-order valence-corrected chi connectivity index (χ3v) is 4.73. The van der Waals surface area contributed by atoms with Crippen LogP contribution in [-0.2, 0) is 6.42 Å². The van der Waals surface area contributed by atoms with Crippen LogP contribution in [0.1, 0.15) is 42.1 Å². The molecule has 2 nitrogen and oxygen atoms in total. The average Bonchev–Trinajstić information content (AvgIpc) is 3.22. The molecule has 1 N–H and O–H groups in total. The first-order valence-corrected chi connectivity index (χ1v) is 7.75. The normalized spacial score (nSPS) is 27.8. The number of benzene rings is 2. The molecule has 0 aromatic heterocycles. The monoisotopic (exact) mass is 280 g/mol. The lowest BCUT2D eigenvalue weighted by Gasteiger charge is -2.12. The van der Waals surface area contributed by atoms with Crippen molar-refractivity contribution in [3.63, 3.8) is 0 Å². The van der Waals surface area contributed by atoms with E-state index in [2.05, 4.69) is 37.3 Å². The van der Waals surface area contributed by atoms with Crippen molar-refractivity contribution in [3.8, 4) is 5.75 Å². The van der Waals surface area contributed by atoms with Gasteiger partial charge in [-0.1, -0.05) is 36.4 Å². The molecule has 0 radical (unpaired) electrons. The van der Waals surface area contributed by atoms with Crippen molar-refractivity contribution in [2.24, 2.45) is 5.92 Å². The fourth-order valence-electron chi connectivity index (χ4n) is 3.52. The van der Waals surface area contributed by atoms with E-state index in [1.54, 1.807) is 0 Å². The zero-order valence-corrected chi connectivity index (χ0v) is 12.2. The number of rotatable bonds is 3. The summed E-state index contributed by atoms with van der Waals surface area (Å²) in [5.74, 6) is 1.84. The Kier molecular flexibility index (Phi) is 3.00. The summed E-state index contributed by atoms with van der Waals surface area (Å²) in [6.07, 6.45) is 1.92. The van der Waals surface area contributed by atoms with E-state index in [9.17, 15) is 5.11 Å². The molecule has 1 aliphatic heterocycles. The molecular weight excluding hydrogens is 260 g/mol. The molecule has 0 amide bonds. The third kappa shape index (κ3) is 2.34. The van der Waals surface area contributed by atoms with Crippen LogP contribution in [0.4, 0.5) is 0 Å². The minimum absolute atomic E-state index is 0.255. The molecule has 1 aliphatic carbocycles. The highest BCUT2D eigenvalue weighted by Crippen LogP contribution is 2.54. The Hall–Kier alpha value is -1.80. The van der Waals surface area contributed by atoms with Gasteiger partial charge in [-0.2, -0.15) is 0 Å². The Morgan fingerprint density at radius 3 is 2.76 bits per heavy atom. The van der Waals surface area contributed by atoms with Crippen LogP contribution in [0.15, 0.2) is 48.5 Å². The third-order valence-electron chi connectivity index (χ3n) is 4.73. The molecule has 4 unspecified atom stereocenters. The predicted molar refractivity (Wildman–Crippen MR) is 82.5 cm³/mol. The molecule has 0 spiro atoms. The van der Waals surface area contributed by atoms with Crippen LogP contribution in [0.5, 0.6) is 5.75 Å². The molecule has 2 aromatic carbocycles. The summed E-state index contributed by atoms with van der Waals surface area (Å²) in [6, 6.07) is 16.7. The van der Waals surface area contributed by atoms with Crippen molar-refractivity contribution in [3.05, 3.63) is 65.2 Å². The lowest BCUT2D eigenvalue weighted by atomic mass is 9.98. The Morgan fingerprint density at radius 2 is 1.95 bits per heavy atom. The van der Waals surface area contributed by atoms with Crippen LogP contribution in [-0.4, -0.2) is 11.2 Å². The minimum atomic E-state index is -0.364. The zero-order valence-electron chi connectivity index (χ0n) is 12.2. The largest absolute Gasteiger partial charge is 0.490 e. The van der Waals surface area contributed by atoms with Crippen molar-refractivity contribution in [2.45, 2.75) is 37.9 Å². The van der Waals surface area contributed by atoms with Gasteiger partial charge < -0.3 is 9.84 Å². The smallest absolute Gasteiger partial charge is 0.123 e. The second-order valence-corrected chi connectivity index (χ2v) is 6.36. The van der Waals surface area contributed by atoms with Crippen molar-refractivity contribution >= 4 is 0 Å². The Labute approximate surface area is 125 Å². The van der Waals surface area contributed by atoms with E-state index < -0.39 is 0 Å². The van der Waals surface area contributed by atoms with E-state index in [0.29, 0.717) is 11.8 Å². The van der Waals surface area contributed by atoms with Gasteiger partial charge in [-0.3, -0.25) is 0 Å². The van der Waals surface area contributed by atoms with Gasteiger partial charge in [0.2, 0.25) is 0 Å². The summed E-state index contributed by atoms with van der Waals surface area (Å²) in [5.41, 5.74) is 3.62. The van der Waals surface area contributed by atoms with Crippen LogP contribution in [0.3, 0.4) is 0 Å². The minimum Gasteiger partial charge on any atom is -0.490 e. The average molecular weight is 280 g/mol. The first-order chi connectivity index (χ1) is 10.2. The van der Waals surface area contributed by atoms with E-state index in [0.717, 1.165) is 24.2 Å². The number of ether oxygens (including phenoxy) is 1. The molecule has 2 aromatic rings. The number of aliphatic hydroxyl groups excluding tert-OH is 1. The van der Waals surface area contributed by atoms with Gasteiger partial charge in [0, 0.05) is 6.42 Å². The highest BCUT2D eigenvalue weighted by Gasteiger charge is 2.43. The molecule has 0 bridgehead atoms. The van der Waals surface area contributed by atoms with Gasteiger partial charge in [-0.25, -0.2) is 0 Å². The summed E-state index contributed by atoms with van der Waals surface area (Å²) in [4.78, 5) is 0. The highest BCUT2D eigenvalue weighted by molar-refractivity contribution is 5.42. The molecule has 21 heavy (non-hydrogen) atoms. The highest BCUT2D eigenvalue weighted by atomic mass is 16.5. The van der Waals surface area contributed by atoms with Gasteiger partial charge in [0.1, 0.15) is 11.9 Å². The Morgan fingerprint density at radius 1 is 1.14 bits per heavy atom. The molecule has 4 rings (SSSR count). The van der Waals surface area contributed by atoms with Gasteiger partial charge >= 0.3 is 0 Å². The summed E-state index contributed by atoms with van der Waals surface area (Å²) in [5, 5.41) is 10.6. The summed E-state index contributed by atoms with van der Waals surface area (Å²) in [7, 11) is 0. The van der Waals surface area contributed by atoms with Gasteiger partial charge in [0.15, 0.2) is 0 Å². The Bertz CT molecular complexity index is 650. The fourth-order valence-corrected chi connectivity index (χ4v) is 3.52. The maximum atomic E-state index is 10.6. The molecule has 1 heterocycles. The molecule has 2 heteroatoms. The predicted octanol–water partition coefficient (Wildman–Crippen LogP) is 3.85. The topological polar surface area (TPSA) is 29.5 Å². The Balaban J connectivity index is 1.52.